The van der Waals surface area contributed by atoms with Crippen molar-refractivity contribution in [3.05, 3.63) is 87.9 Å². The molecule has 6 nitrogen and oxygen atoms in total. The molecule has 0 saturated carbocycles. The Bertz CT molecular complexity index is 1160. The van der Waals surface area contributed by atoms with E-state index in [1.165, 1.54) is 46.0 Å². The van der Waals surface area contributed by atoms with Crippen LogP contribution in [0.15, 0.2) is 71.5 Å². The van der Waals surface area contributed by atoms with Gasteiger partial charge in [0.05, 0.1) is 33.4 Å². The van der Waals surface area contributed by atoms with Gasteiger partial charge in [-0.25, -0.2) is 18.2 Å². The number of thiazole rings is 1. The van der Waals surface area contributed by atoms with Gasteiger partial charge in [-0.1, -0.05) is 23.7 Å². The number of benzene rings is 2. The second-order valence-corrected chi connectivity index (χ2v) is 9.62. The standard InChI is InChI=1S/C21H19ClN2O4S2/c1-3-11-24(19-9-7-17(22)8-10-19)30(26,27)20-6-4-5-16(12-20)21(25)28-13-18-14-29-15(2)23-18/h3-10,12,14H,1,11,13H2,2H3. The molecule has 0 bridgehead atoms. The Kier molecular flexibility index (Phi) is 6.91. The molecule has 2 aromatic carbocycles. The van der Waals surface area contributed by atoms with Crippen molar-refractivity contribution in [3.8, 4) is 0 Å². The predicted octanol–water partition coefficient (Wildman–Crippen LogP) is 4.84. The molecule has 0 aliphatic rings. The van der Waals surface area contributed by atoms with Gasteiger partial charge in [-0.05, 0) is 49.4 Å². The number of hydrogen-bond acceptors (Lipinski definition) is 6. The highest BCUT2D eigenvalue weighted by Crippen LogP contribution is 2.26. The van der Waals surface area contributed by atoms with Crippen LogP contribution in [0.4, 0.5) is 5.69 Å². The molecule has 9 heteroatoms. The molecule has 0 atom stereocenters. The lowest BCUT2D eigenvalue weighted by molar-refractivity contribution is 0.0468. The van der Waals surface area contributed by atoms with Crippen molar-refractivity contribution in [1.29, 1.82) is 0 Å². The van der Waals surface area contributed by atoms with E-state index in [1.807, 2.05) is 12.3 Å². The maximum absolute atomic E-state index is 13.2. The maximum Gasteiger partial charge on any atom is 0.338 e. The summed E-state index contributed by atoms with van der Waals surface area (Å²) in [7, 11) is -3.95. The number of sulfonamides is 1. The lowest BCUT2D eigenvalue weighted by Crippen LogP contribution is -2.31. The van der Waals surface area contributed by atoms with Crippen LogP contribution in [0.3, 0.4) is 0 Å². The van der Waals surface area contributed by atoms with Crippen molar-refractivity contribution < 1.29 is 17.9 Å². The smallest absolute Gasteiger partial charge is 0.338 e. The number of rotatable bonds is 8. The first kappa shape index (κ1) is 22.0. The number of carbonyl (C=O) groups excluding carboxylic acids is 1. The fraction of sp³-hybridized carbons (Fsp3) is 0.143. The minimum Gasteiger partial charge on any atom is -0.456 e. The Morgan fingerprint density at radius 2 is 2.00 bits per heavy atom. The van der Waals surface area contributed by atoms with E-state index in [0.29, 0.717) is 16.4 Å². The second kappa shape index (κ2) is 9.42. The average Bonchev–Trinajstić information content (AvgIpc) is 3.16. The Hall–Kier alpha value is -2.68. The maximum atomic E-state index is 13.2. The van der Waals surface area contributed by atoms with Crippen molar-refractivity contribution in [2.45, 2.75) is 18.4 Å². The summed E-state index contributed by atoms with van der Waals surface area (Å²) in [6.07, 6.45) is 1.49. The number of anilines is 1. The van der Waals surface area contributed by atoms with Crippen molar-refractivity contribution in [2.75, 3.05) is 10.8 Å². The minimum atomic E-state index is -3.95. The van der Waals surface area contributed by atoms with E-state index < -0.39 is 16.0 Å². The summed E-state index contributed by atoms with van der Waals surface area (Å²) in [6, 6.07) is 12.2. The first-order valence-corrected chi connectivity index (χ1v) is 11.6. The summed E-state index contributed by atoms with van der Waals surface area (Å²) >= 11 is 7.37. The van der Waals surface area contributed by atoms with E-state index in [2.05, 4.69) is 11.6 Å². The highest BCUT2D eigenvalue weighted by Gasteiger charge is 2.25. The molecule has 0 N–H and O–H groups in total. The largest absolute Gasteiger partial charge is 0.456 e. The van der Waals surface area contributed by atoms with Crippen LogP contribution >= 0.6 is 22.9 Å². The molecule has 3 aromatic rings. The number of nitrogens with zero attached hydrogens (tertiary/aromatic N) is 2. The molecule has 0 fully saturated rings. The Morgan fingerprint density at radius 3 is 2.63 bits per heavy atom. The van der Waals surface area contributed by atoms with Gasteiger partial charge >= 0.3 is 5.97 Å². The summed E-state index contributed by atoms with van der Waals surface area (Å²) in [5.74, 6) is -0.625. The number of carbonyl (C=O) groups is 1. The molecule has 0 amide bonds. The quantitative estimate of drug-likeness (QED) is 0.353. The molecule has 0 saturated heterocycles. The number of aromatic nitrogens is 1. The van der Waals surface area contributed by atoms with Crippen molar-refractivity contribution in [1.82, 2.24) is 4.98 Å². The lowest BCUT2D eigenvalue weighted by Gasteiger charge is -2.23. The van der Waals surface area contributed by atoms with Gasteiger partial charge in [0.2, 0.25) is 0 Å². The predicted molar refractivity (Wildman–Crippen MR) is 119 cm³/mol. The summed E-state index contributed by atoms with van der Waals surface area (Å²) in [5.41, 5.74) is 1.22. The Morgan fingerprint density at radius 1 is 1.27 bits per heavy atom. The Labute approximate surface area is 184 Å². The van der Waals surface area contributed by atoms with Crippen LogP contribution in [0, 0.1) is 6.92 Å². The second-order valence-electron chi connectivity index (χ2n) is 6.26. The van der Waals surface area contributed by atoms with Gasteiger partial charge in [0.1, 0.15) is 6.61 Å². The van der Waals surface area contributed by atoms with Crippen LogP contribution in [-0.4, -0.2) is 25.9 Å². The zero-order valence-electron chi connectivity index (χ0n) is 16.1. The number of aryl methyl sites for hydroxylation is 1. The summed E-state index contributed by atoms with van der Waals surface area (Å²) < 4.78 is 33.0. The van der Waals surface area contributed by atoms with Crippen molar-refractivity contribution in [3.63, 3.8) is 0 Å². The number of ether oxygens (including phenoxy) is 1. The summed E-state index contributed by atoms with van der Waals surface area (Å²) in [6.45, 7) is 5.58. The van der Waals surface area contributed by atoms with Crippen LogP contribution in [0.25, 0.3) is 0 Å². The average molecular weight is 463 g/mol. The molecule has 0 aliphatic heterocycles. The molecule has 0 aliphatic carbocycles. The zero-order valence-corrected chi connectivity index (χ0v) is 18.5. The van der Waals surface area contributed by atoms with Crippen molar-refractivity contribution in [2.24, 2.45) is 0 Å². The van der Waals surface area contributed by atoms with Gasteiger partial charge in [0, 0.05) is 10.4 Å². The van der Waals surface area contributed by atoms with Gasteiger partial charge < -0.3 is 4.74 Å². The molecule has 156 valence electrons. The number of halogens is 1. The van der Waals surface area contributed by atoms with E-state index in [4.69, 9.17) is 16.3 Å². The number of esters is 1. The van der Waals surface area contributed by atoms with E-state index in [-0.39, 0.29) is 23.6 Å². The molecule has 1 heterocycles. The highest BCUT2D eigenvalue weighted by molar-refractivity contribution is 7.92. The van der Waals surface area contributed by atoms with Gasteiger partial charge in [-0.3, -0.25) is 4.31 Å². The summed E-state index contributed by atoms with van der Waals surface area (Å²) in [4.78, 5) is 16.6. The highest BCUT2D eigenvalue weighted by atomic mass is 35.5. The topological polar surface area (TPSA) is 76.6 Å². The fourth-order valence-electron chi connectivity index (χ4n) is 2.68. The third-order valence-corrected chi connectivity index (χ3v) is 6.95. The van der Waals surface area contributed by atoms with Crippen molar-refractivity contribution >= 4 is 44.6 Å². The van der Waals surface area contributed by atoms with Gasteiger partial charge in [0.25, 0.3) is 10.0 Å². The fourth-order valence-corrected chi connectivity index (χ4v) is 4.88. The lowest BCUT2D eigenvalue weighted by atomic mass is 10.2. The third-order valence-electron chi connectivity index (χ3n) is 4.08. The SMILES string of the molecule is C=CCN(c1ccc(Cl)cc1)S(=O)(=O)c1cccc(C(=O)OCc2csc(C)n2)c1. The molecule has 3 rings (SSSR count). The summed E-state index contributed by atoms with van der Waals surface area (Å²) in [5, 5.41) is 3.18. The van der Waals surface area contributed by atoms with Gasteiger partial charge in [-0.2, -0.15) is 0 Å². The van der Waals surface area contributed by atoms with E-state index >= 15 is 0 Å². The number of hydrogen-bond donors (Lipinski definition) is 0. The van der Waals surface area contributed by atoms with E-state index in [1.54, 1.807) is 24.3 Å². The van der Waals surface area contributed by atoms with Gasteiger partial charge in [-0.15, -0.1) is 17.9 Å². The first-order chi connectivity index (χ1) is 14.3. The van der Waals surface area contributed by atoms with Crippen LogP contribution in [-0.2, 0) is 21.4 Å². The van der Waals surface area contributed by atoms with E-state index in [9.17, 15) is 13.2 Å². The Balaban J connectivity index is 1.85. The minimum absolute atomic E-state index is 0.0213. The molecule has 0 radical (unpaired) electrons. The zero-order chi connectivity index (χ0) is 21.7. The third kappa shape index (κ3) is 5.08. The molecular weight excluding hydrogens is 444 g/mol. The molecular formula is C21H19ClN2O4S2. The van der Waals surface area contributed by atoms with Crippen LogP contribution in [0.2, 0.25) is 5.02 Å². The van der Waals surface area contributed by atoms with Crippen LogP contribution < -0.4 is 4.31 Å². The van der Waals surface area contributed by atoms with Crippen LogP contribution in [0.5, 0.6) is 0 Å². The normalized spacial score (nSPS) is 11.1. The molecule has 0 spiro atoms. The van der Waals surface area contributed by atoms with E-state index in [0.717, 1.165) is 5.01 Å². The van der Waals surface area contributed by atoms with Crippen LogP contribution in [0.1, 0.15) is 21.1 Å². The molecule has 0 unspecified atom stereocenters. The van der Waals surface area contributed by atoms with Gasteiger partial charge in [0.15, 0.2) is 0 Å². The molecule has 1 aromatic heterocycles. The molecule has 30 heavy (non-hydrogen) atoms. The first-order valence-electron chi connectivity index (χ1n) is 8.88. The monoisotopic (exact) mass is 462 g/mol.